The molecule has 1 aliphatic carbocycles. The van der Waals surface area contributed by atoms with E-state index in [0.29, 0.717) is 0 Å². The summed E-state index contributed by atoms with van der Waals surface area (Å²) in [7, 11) is 0. The van der Waals surface area contributed by atoms with Crippen LogP contribution in [-0.4, -0.2) is 33.4 Å². The fraction of sp³-hybridized carbons (Fsp3) is 0.375. The number of anilines is 1. The highest BCUT2D eigenvalue weighted by Crippen LogP contribution is 2.43. The number of piperidine rings is 1. The summed E-state index contributed by atoms with van der Waals surface area (Å²) in [5.41, 5.74) is 6.97. The Morgan fingerprint density at radius 2 is 1.83 bits per heavy atom. The van der Waals surface area contributed by atoms with Crippen LogP contribution >= 0.6 is 0 Å². The second-order valence-electron chi connectivity index (χ2n) is 8.67. The summed E-state index contributed by atoms with van der Waals surface area (Å²) in [6.45, 7) is 1.53. The molecule has 4 heterocycles. The first-order chi connectivity index (χ1) is 14.2. The summed E-state index contributed by atoms with van der Waals surface area (Å²) in [5.74, 6) is 0.154. The van der Waals surface area contributed by atoms with Gasteiger partial charge in [-0.3, -0.25) is 4.79 Å². The molecule has 6 rings (SSSR count). The van der Waals surface area contributed by atoms with E-state index in [1.165, 1.54) is 41.2 Å². The number of H-pyrrole nitrogens is 1. The predicted molar refractivity (Wildman–Crippen MR) is 114 cm³/mol. The van der Waals surface area contributed by atoms with E-state index in [1.54, 1.807) is 0 Å². The fourth-order valence-corrected chi connectivity index (χ4v) is 5.45. The Balaban J connectivity index is 1.25. The molecule has 0 atom stereocenters. The van der Waals surface area contributed by atoms with Gasteiger partial charge in [0.2, 0.25) is 0 Å². The Bertz CT molecular complexity index is 1060. The SMILES string of the molecule is O=C(c1cc2c([nH]1)CCCC2)N1CCC2(CC1)Nc1ccccc1-n1cccc12. The highest BCUT2D eigenvalue weighted by molar-refractivity contribution is 5.93. The molecule has 1 saturated heterocycles. The van der Waals surface area contributed by atoms with Crippen LogP contribution in [0.1, 0.15) is 53.1 Å². The van der Waals surface area contributed by atoms with Gasteiger partial charge in [-0.1, -0.05) is 12.1 Å². The molecule has 1 fully saturated rings. The second kappa shape index (κ2) is 6.28. The number of para-hydroxylation sites is 2. The molecule has 0 saturated carbocycles. The van der Waals surface area contributed by atoms with Crippen molar-refractivity contribution in [3.8, 4) is 5.69 Å². The number of carbonyl (C=O) groups is 1. The number of aryl methyl sites for hydroxylation is 2. The Morgan fingerprint density at radius 3 is 2.69 bits per heavy atom. The maximum Gasteiger partial charge on any atom is 0.270 e. The monoisotopic (exact) mass is 386 g/mol. The number of nitrogens with zero attached hydrogens (tertiary/aromatic N) is 2. The van der Waals surface area contributed by atoms with E-state index in [-0.39, 0.29) is 11.4 Å². The maximum absolute atomic E-state index is 13.2. The van der Waals surface area contributed by atoms with Gasteiger partial charge in [-0.05, 0) is 74.4 Å². The Labute approximate surface area is 170 Å². The molecule has 0 bridgehead atoms. The third-order valence-corrected chi connectivity index (χ3v) is 7.03. The van der Waals surface area contributed by atoms with Crippen molar-refractivity contribution in [2.24, 2.45) is 0 Å². The van der Waals surface area contributed by atoms with Crippen LogP contribution in [0.25, 0.3) is 5.69 Å². The molecule has 3 aromatic rings. The lowest BCUT2D eigenvalue weighted by Crippen LogP contribution is -2.51. The van der Waals surface area contributed by atoms with E-state index in [1.807, 2.05) is 4.90 Å². The molecule has 148 valence electrons. The number of benzene rings is 1. The fourth-order valence-electron chi connectivity index (χ4n) is 5.45. The van der Waals surface area contributed by atoms with Crippen molar-refractivity contribution in [1.82, 2.24) is 14.5 Å². The second-order valence-corrected chi connectivity index (χ2v) is 8.67. The van der Waals surface area contributed by atoms with Crippen molar-refractivity contribution in [2.75, 3.05) is 18.4 Å². The van der Waals surface area contributed by atoms with Crippen LogP contribution in [-0.2, 0) is 18.4 Å². The lowest BCUT2D eigenvalue weighted by atomic mass is 9.82. The van der Waals surface area contributed by atoms with Crippen molar-refractivity contribution in [3.05, 3.63) is 71.3 Å². The molecule has 1 spiro atoms. The van der Waals surface area contributed by atoms with E-state index >= 15 is 0 Å². The minimum atomic E-state index is -0.108. The molecule has 1 amide bonds. The summed E-state index contributed by atoms with van der Waals surface area (Å²) in [5, 5.41) is 3.83. The van der Waals surface area contributed by atoms with Crippen LogP contribution in [0.2, 0.25) is 0 Å². The quantitative estimate of drug-likeness (QED) is 0.657. The number of hydrogen-bond donors (Lipinski definition) is 2. The van der Waals surface area contributed by atoms with Gasteiger partial charge in [0.05, 0.1) is 16.9 Å². The van der Waals surface area contributed by atoms with Crippen LogP contribution in [0.5, 0.6) is 0 Å². The highest BCUT2D eigenvalue weighted by Gasteiger charge is 2.42. The third-order valence-electron chi connectivity index (χ3n) is 7.03. The standard InChI is InChI=1S/C24H26N4O/c29-23(20-16-17-6-1-2-7-18(17)25-20)27-14-11-24(12-15-27)22-10-5-13-28(22)21-9-4-3-8-19(21)26-24/h3-5,8-10,13,16,25-26H,1-2,6-7,11-12,14-15H2. The van der Waals surface area contributed by atoms with Crippen molar-refractivity contribution in [1.29, 1.82) is 0 Å². The first kappa shape index (κ1) is 17.0. The van der Waals surface area contributed by atoms with Gasteiger partial charge >= 0.3 is 0 Å². The Hall–Kier alpha value is -2.95. The molecule has 5 nitrogen and oxygen atoms in total. The molecular formula is C24H26N4O. The van der Waals surface area contributed by atoms with Gasteiger partial charge in [0, 0.05) is 30.7 Å². The van der Waals surface area contributed by atoms with Crippen LogP contribution in [0, 0.1) is 0 Å². The maximum atomic E-state index is 13.2. The van der Waals surface area contributed by atoms with Gasteiger partial charge in [-0.25, -0.2) is 0 Å². The van der Waals surface area contributed by atoms with Gasteiger partial charge in [-0.15, -0.1) is 0 Å². The topological polar surface area (TPSA) is 53.1 Å². The summed E-state index contributed by atoms with van der Waals surface area (Å²) in [4.78, 5) is 18.6. The van der Waals surface area contributed by atoms with E-state index < -0.39 is 0 Å². The van der Waals surface area contributed by atoms with E-state index in [9.17, 15) is 4.79 Å². The molecule has 0 unspecified atom stereocenters. The van der Waals surface area contributed by atoms with Crippen LogP contribution in [0.3, 0.4) is 0 Å². The molecule has 2 aromatic heterocycles. The first-order valence-electron chi connectivity index (χ1n) is 10.8. The van der Waals surface area contributed by atoms with E-state index in [4.69, 9.17) is 0 Å². The summed E-state index contributed by atoms with van der Waals surface area (Å²) in [6, 6.07) is 14.9. The minimum Gasteiger partial charge on any atom is -0.372 e. The third kappa shape index (κ3) is 2.56. The summed E-state index contributed by atoms with van der Waals surface area (Å²) < 4.78 is 2.31. The van der Waals surface area contributed by atoms with Crippen molar-refractivity contribution < 1.29 is 4.79 Å². The largest absolute Gasteiger partial charge is 0.372 e. The summed E-state index contributed by atoms with van der Waals surface area (Å²) >= 11 is 0. The minimum absolute atomic E-state index is 0.108. The molecule has 3 aliphatic rings. The molecule has 1 aromatic carbocycles. The highest BCUT2D eigenvalue weighted by atomic mass is 16.2. The number of aromatic nitrogens is 2. The normalized spacial score (nSPS) is 19.2. The van der Waals surface area contributed by atoms with Crippen molar-refractivity contribution in [3.63, 3.8) is 0 Å². The lowest BCUT2D eigenvalue weighted by molar-refractivity contribution is 0.0671. The number of hydrogen-bond acceptors (Lipinski definition) is 2. The number of nitrogens with one attached hydrogen (secondary N) is 2. The van der Waals surface area contributed by atoms with E-state index in [0.717, 1.165) is 44.5 Å². The zero-order valence-electron chi connectivity index (χ0n) is 16.6. The molecule has 29 heavy (non-hydrogen) atoms. The molecule has 2 N–H and O–H groups in total. The number of fused-ring (bicyclic) bond motifs is 5. The van der Waals surface area contributed by atoms with Crippen LogP contribution in [0.4, 0.5) is 5.69 Å². The van der Waals surface area contributed by atoms with Crippen LogP contribution < -0.4 is 5.32 Å². The predicted octanol–water partition coefficient (Wildman–Crippen LogP) is 4.24. The molecule has 0 radical (unpaired) electrons. The van der Waals surface area contributed by atoms with Crippen molar-refractivity contribution >= 4 is 11.6 Å². The van der Waals surface area contributed by atoms with Gasteiger partial charge in [0.15, 0.2) is 0 Å². The van der Waals surface area contributed by atoms with Gasteiger partial charge < -0.3 is 19.8 Å². The smallest absolute Gasteiger partial charge is 0.270 e. The number of carbonyl (C=O) groups excluding carboxylic acids is 1. The number of rotatable bonds is 1. The number of likely N-dealkylation sites (tertiary alicyclic amines) is 1. The lowest BCUT2D eigenvalue weighted by Gasteiger charge is -2.46. The number of aromatic amines is 1. The molecule has 2 aliphatic heterocycles. The van der Waals surface area contributed by atoms with Gasteiger partial charge in [-0.2, -0.15) is 0 Å². The zero-order valence-corrected chi connectivity index (χ0v) is 16.6. The Kier molecular flexibility index (Phi) is 3.67. The first-order valence-corrected chi connectivity index (χ1v) is 10.8. The average Bonchev–Trinajstić information content (AvgIpc) is 3.42. The number of amides is 1. The summed E-state index contributed by atoms with van der Waals surface area (Å²) in [6.07, 6.45) is 8.61. The van der Waals surface area contributed by atoms with Gasteiger partial charge in [0.25, 0.3) is 5.91 Å². The van der Waals surface area contributed by atoms with Gasteiger partial charge in [0.1, 0.15) is 5.69 Å². The Morgan fingerprint density at radius 1 is 1.00 bits per heavy atom. The van der Waals surface area contributed by atoms with Crippen molar-refractivity contribution in [2.45, 2.75) is 44.1 Å². The molecule has 5 heteroatoms. The zero-order chi connectivity index (χ0) is 19.4. The molecular weight excluding hydrogens is 360 g/mol. The average molecular weight is 386 g/mol. The van der Waals surface area contributed by atoms with Crippen LogP contribution in [0.15, 0.2) is 48.7 Å². The van der Waals surface area contributed by atoms with E-state index in [2.05, 4.69) is 63.5 Å².